The first-order chi connectivity index (χ1) is 15.6. The van der Waals surface area contributed by atoms with Gasteiger partial charge >= 0.3 is 0 Å². The van der Waals surface area contributed by atoms with Crippen molar-refractivity contribution in [2.75, 3.05) is 25.5 Å². The number of aromatic nitrogens is 7. The number of piperidine rings is 1. The number of rotatable bonds is 4. The van der Waals surface area contributed by atoms with Crippen LogP contribution >= 0.6 is 0 Å². The zero-order valence-corrected chi connectivity index (χ0v) is 18.2. The zero-order chi connectivity index (χ0) is 21.7. The molecule has 5 heterocycles. The maximum atomic E-state index is 4.73. The molecule has 1 aliphatic rings. The number of likely N-dealkylation sites (tertiary alicyclic amines) is 1. The Balaban J connectivity index is 1.28. The number of benzene rings is 1. The van der Waals surface area contributed by atoms with Crippen LogP contribution in [0, 0.1) is 0 Å². The molecule has 1 fully saturated rings. The Kier molecular flexibility index (Phi) is 4.43. The van der Waals surface area contributed by atoms with E-state index in [1.54, 1.807) is 0 Å². The lowest BCUT2D eigenvalue weighted by Gasteiger charge is -2.28. The van der Waals surface area contributed by atoms with Crippen LogP contribution in [0.4, 0.5) is 11.6 Å². The second-order valence-electron chi connectivity index (χ2n) is 8.56. The van der Waals surface area contributed by atoms with Crippen molar-refractivity contribution in [3.05, 3.63) is 55.0 Å². The van der Waals surface area contributed by atoms with Crippen LogP contribution in [0.15, 0.2) is 55.0 Å². The van der Waals surface area contributed by atoms with E-state index in [9.17, 15) is 0 Å². The van der Waals surface area contributed by atoms with Gasteiger partial charge in [-0.3, -0.25) is 9.36 Å². The van der Waals surface area contributed by atoms with Gasteiger partial charge in [0, 0.05) is 30.4 Å². The molecule has 4 aromatic heterocycles. The molecule has 162 valence electrons. The van der Waals surface area contributed by atoms with Crippen molar-refractivity contribution >= 4 is 28.2 Å². The number of hydrogen-bond acceptors (Lipinski definition) is 6. The van der Waals surface area contributed by atoms with Crippen LogP contribution in [-0.2, 0) is 7.05 Å². The normalized spacial score (nSPS) is 15.7. The number of nitrogens with zero attached hydrogens (tertiary/aromatic N) is 8. The molecule has 6 rings (SSSR count). The highest BCUT2D eigenvalue weighted by molar-refractivity contribution is 5.83. The van der Waals surface area contributed by atoms with Gasteiger partial charge in [-0.15, -0.1) is 5.10 Å². The quantitative estimate of drug-likeness (QED) is 0.473. The van der Waals surface area contributed by atoms with E-state index in [4.69, 9.17) is 5.10 Å². The summed E-state index contributed by atoms with van der Waals surface area (Å²) < 4.78 is 5.78. The minimum Gasteiger partial charge on any atom is -0.320 e. The van der Waals surface area contributed by atoms with Crippen molar-refractivity contribution < 1.29 is 0 Å². The lowest BCUT2D eigenvalue weighted by Crippen LogP contribution is -2.31. The summed E-state index contributed by atoms with van der Waals surface area (Å²) in [6.45, 7) is 2.21. The van der Waals surface area contributed by atoms with Crippen molar-refractivity contribution in [2.45, 2.75) is 18.9 Å². The summed E-state index contributed by atoms with van der Waals surface area (Å²) in [6.07, 6.45) is 8.17. The molecule has 0 atom stereocenters. The molecule has 5 aromatic rings. The number of hydrogen-bond donors (Lipinski definition) is 1. The van der Waals surface area contributed by atoms with Crippen LogP contribution in [-0.4, -0.2) is 59.2 Å². The van der Waals surface area contributed by atoms with Crippen LogP contribution < -0.4 is 5.32 Å². The molecular weight excluding hydrogens is 402 g/mol. The van der Waals surface area contributed by atoms with Crippen LogP contribution in [0.25, 0.3) is 27.8 Å². The number of anilines is 2. The van der Waals surface area contributed by atoms with Gasteiger partial charge in [0.05, 0.1) is 29.1 Å². The Morgan fingerprint density at radius 3 is 2.75 bits per heavy atom. The van der Waals surface area contributed by atoms with E-state index in [-0.39, 0.29) is 0 Å². The van der Waals surface area contributed by atoms with E-state index in [1.807, 2.05) is 46.8 Å². The average Bonchev–Trinajstić information content (AvgIpc) is 3.50. The van der Waals surface area contributed by atoms with Gasteiger partial charge in [-0.2, -0.15) is 15.2 Å². The third kappa shape index (κ3) is 3.40. The largest absolute Gasteiger partial charge is 0.320 e. The molecule has 0 bridgehead atoms. The predicted octanol–water partition coefficient (Wildman–Crippen LogP) is 3.49. The van der Waals surface area contributed by atoms with E-state index in [1.165, 1.54) is 0 Å². The first-order valence-corrected chi connectivity index (χ1v) is 10.9. The fourth-order valence-electron chi connectivity index (χ4n) is 4.48. The number of pyridine rings is 1. The molecular formula is C23H25N9. The number of nitrogens with one attached hydrogen (secondary N) is 1. The zero-order valence-electron chi connectivity index (χ0n) is 18.2. The maximum Gasteiger partial charge on any atom is 0.247 e. The highest BCUT2D eigenvalue weighted by Gasteiger charge is 2.19. The van der Waals surface area contributed by atoms with E-state index in [2.05, 4.69) is 61.5 Å². The third-order valence-corrected chi connectivity index (χ3v) is 6.19. The second-order valence-corrected chi connectivity index (χ2v) is 8.56. The van der Waals surface area contributed by atoms with Crippen LogP contribution in [0.2, 0.25) is 0 Å². The van der Waals surface area contributed by atoms with Crippen LogP contribution in [0.1, 0.15) is 18.9 Å². The topological polar surface area (TPSA) is 81.1 Å². The molecule has 0 aliphatic carbocycles. The van der Waals surface area contributed by atoms with Gasteiger partial charge in [0.15, 0.2) is 5.65 Å². The third-order valence-electron chi connectivity index (χ3n) is 6.19. The first kappa shape index (κ1) is 19.0. The fourth-order valence-corrected chi connectivity index (χ4v) is 4.48. The summed E-state index contributed by atoms with van der Waals surface area (Å²) in [5, 5.41) is 18.2. The van der Waals surface area contributed by atoms with E-state index < -0.39 is 0 Å². The minimum absolute atomic E-state index is 0.449. The molecule has 1 aromatic carbocycles. The molecule has 9 nitrogen and oxygen atoms in total. The van der Waals surface area contributed by atoms with E-state index >= 15 is 0 Å². The smallest absolute Gasteiger partial charge is 0.247 e. The average molecular weight is 428 g/mol. The molecule has 0 amide bonds. The first-order valence-electron chi connectivity index (χ1n) is 10.9. The highest BCUT2D eigenvalue weighted by Crippen LogP contribution is 2.26. The van der Waals surface area contributed by atoms with Crippen molar-refractivity contribution in [1.82, 2.24) is 39.1 Å². The minimum atomic E-state index is 0.449. The Bertz CT molecular complexity index is 1400. The molecule has 9 heteroatoms. The molecule has 1 N–H and O–H groups in total. The SMILES string of the molecule is CN1CCC(n2cc(Nc3nc4cccc(-c5ccc6nn(C)cc6c5)n4n3)cn2)CC1. The van der Waals surface area contributed by atoms with Crippen LogP contribution in [0.5, 0.6) is 0 Å². The summed E-state index contributed by atoms with van der Waals surface area (Å²) in [4.78, 5) is 7.04. The molecule has 0 spiro atoms. The fraction of sp³-hybridized carbons (Fsp3) is 0.304. The molecule has 32 heavy (non-hydrogen) atoms. The van der Waals surface area contributed by atoms with Crippen molar-refractivity contribution in [3.8, 4) is 11.3 Å². The Labute approximate surface area is 185 Å². The lowest BCUT2D eigenvalue weighted by atomic mass is 10.1. The molecule has 1 saturated heterocycles. The van der Waals surface area contributed by atoms with E-state index in [0.29, 0.717) is 12.0 Å². The monoisotopic (exact) mass is 427 g/mol. The number of aryl methyl sites for hydroxylation is 1. The Morgan fingerprint density at radius 1 is 1.00 bits per heavy atom. The molecule has 0 unspecified atom stereocenters. The van der Waals surface area contributed by atoms with E-state index in [0.717, 1.165) is 59.4 Å². The van der Waals surface area contributed by atoms with Gasteiger partial charge in [0.1, 0.15) is 0 Å². The number of fused-ring (bicyclic) bond motifs is 2. The van der Waals surface area contributed by atoms with Crippen molar-refractivity contribution in [3.63, 3.8) is 0 Å². The van der Waals surface area contributed by atoms with Crippen LogP contribution in [0.3, 0.4) is 0 Å². The van der Waals surface area contributed by atoms with Gasteiger partial charge in [-0.25, -0.2) is 4.52 Å². The molecule has 1 aliphatic heterocycles. The molecule has 0 radical (unpaired) electrons. The highest BCUT2D eigenvalue weighted by atomic mass is 15.4. The standard InChI is InChI=1S/C23H25N9/c1-29-10-8-19(9-11-29)31-15-18(13-24-31)25-23-26-22-5-3-4-21(32(22)28-23)16-6-7-20-17(12-16)14-30(2)27-20/h3-7,12-15,19H,8-11H2,1-2H3,(H,25,28). The summed E-state index contributed by atoms with van der Waals surface area (Å²) in [5.74, 6) is 0.558. The maximum absolute atomic E-state index is 4.73. The predicted molar refractivity (Wildman–Crippen MR) is 124 cm³/mol. The summed E-state index contributed by atoms with van der Waals surface area (Å²) in [6, 6.07) is 12.7. The Morgan fingerprint density at radius 2 is 1.88 bits per heavy atom. The van der Waals surface area contributed by atoms with Gasteiger partial charge in [0.2, 0.25) is 5.95 Å². The van der Waals surface area contributed by atoms with Crippen molar-refractivity contribution in [2.24, 2.45) is 7.05 Å². The summed E-state index contributed by atoms with van der Waals surface area (Å²) >= 11 is 0. The van der Waals surface area contributed by atoms with Gasteiger partial charge in [-0.05, 0) is 57.2 Å². The molecule has 0 saturated carbocycles. The summed E-state index contributed by atoms with van der Waals surface area (Å²) in [5.41, 5.74) is 4.72. The van der Waals surface area contributed by atoms with Gasteiger partial charge in [-0.1, -0.05) is 12.1 Å². The lowest BCUT2D eigenvalue weighted by molar-refractivity contribution is 0.212. The van der Waals surface area contributed by atoms with Gasteiger partial charge in [0.25, 0.3) is 0 Å². The Hall–Kier alpha value is -3.72. The van der Waals surface area contributed by atoms with Gasteiger partial charge < -0.3 is 10.2 Å². The second kappa shape index (κ2) is 7.45. The summed E-state index contributed by atoms with van der Waals surface area (Å²) in [7, 11) is 4.11. The van der Waals surface area contributed by atoms with Crippen molar-refractivity contribution in [1.29, 1.82) is 0 Å².